The Balaban J connectivity index is 2.34. The predicted octanol–water partition coefficient (Wildman–Crippen LogP) is 1.78. The number of aromatic nitrogens is 2. The summed E-state index contributed by atoms with van der Waals surface area (Å²) in [7, 11) is 4.02. The quantitative estimate of drug-likeness (QED) is 0.633. The molecule has 5 heteroatoms. The first-order valence-corrected chi connectivity index (χ1v) is 6.63. The Morgan fingerprint density at radius 1 is 1.39 bits per heavy atom. The second kappa shape index (κ2) is 5.00. The summed E-state index contributed by atoms with van der Waals surface area (Å²) in [6.45, 7) is 1.91. The van der Waals surface area contributed by atoms with Crippen LogP contribution in [-0.4, -0.2) is 28.7 Å². The highest BCUT2D eigenvalue weighted by Crippen LogP contribution is 2.29. The van der Waals surface area contributed by atoms with Gasteiger partial charge in [-0.2, -0.15) is 5.10 Å². The van der Waals surface area contributed by atoms with Crippen LogP contribution in [0.2, 0.25) is 0 Å². The highest BCUT2D eigenvalue weighted by Gasteiger charge is 2.25. The first-order chi connectivity index (χ1) is 8.52. The number of hydrogen-bond donors (Lipinski definition) is 2. The van der Waals surface area contributed by atoms with Crippen molar-refractivity contribution >= 4 is 11.7 Å². The zero-order valence-corrected chi connectivity index (χ0v) is 11.5. The second-order valence-electron chi connectivity index (χ2n) is 5.22. The van der Waals surface area contributed by atoms with E-state index in [1.54, 1.807) is 0 Å². The van der Waals surface area contributed by atoms with Crippen molar-refractivity contribution < 1.29 is 0 Å². The third-order valence-corrected chi connectivity index (χ3v) is 3.92. The number of aryl methyl sites for hydroxylation is 2. The minimum atomic E-state index is 0.109. The van der Waals surface area contributed by atoms with Crippen LogP contribution < -0.4 is 10.6 Å². The van der Waals surface area contributed by atoms with Crippen LogP contribution in [0, 0.1) is 12.3 Å². The molecule has 1 saturated carbocycles. The normalized spacial score (nSPS) is 16.8. The molecule has 0 amide bonds. The lowest BCUT2D eigenvalue weighted by Gasteiger charge is -2.33. The Kier molecular flexibility index (Phi) is 3.59. The zero-order valence-electron chi connectivity index (χ0n) is 11.5. The smallest absolute Gasteiger partial charge is 0.137 e. The number of nitrogens with one attached hydrogen (secondary N) is 1. The third-order valence-electron chi connectivity index (χ3n) is 3.92. The van der Waals surface area contributed by atoms with Crippen molar-refractivity contribution in [2.45, 2.75) is 45.1 Å². The summed E-state index contributed by atoms with van der Waals surface area (Å²) in [6, 6.07) is 0.548. The number of anilines is 1. The largest absolute Gasteiger partial charge is 0.384 e. The van der Waals surface area contributed by atoms with Crippen molar-refractivity contribution in [3.63, 3.8) is 0 Å². The van der Waals surface area contributed by atoms with E-state index in [-0.39, 0.29) is 5.84 Å². The van der Waals surface area contributed by atoms with Gasteiger partial charge in [-0.3, -0.25) is 10.1 Å². The number of nitrogens with zero attached hydrogens (tertiary/aromatic N) is 3. The lowest BCUT2D eigenvalue weighted by atomic mass is 9.94. The molecule has 1 heterocycles. The minimum absolute atomic E-state index is 0.109. The van der Waals surface area contributed by atoms with Crippen molar-refractivity contribution in [3.05, 3.63) is 11.3 Å². The number of hydrogen-bond acceptors (Lipinski definition) is 3. The molecule has 0 atom stereocenters. The molecule has 0 aromatic carbocycles. The Labute approximate surface area is 108 Å². The fourth-order valence-corrected chi connectivity index (χ4v) is 3.01. The molecule has 1 aliphatic rings. The van der Waals surface area contributed by atoms with Gasteiger partial charge in [0, 0.05) is 20.1 Å². The van der Waals surface area contributed by atoms with E-state index < -0.39 is 0 Å². The van der Waals surface area contributed by atoms with Crippen molar-refractivity contribution in [1.29, 1.82) is 5.41 Å². The Morgan fingerprint density at radius 3 is 2.56 bits per heavy atom. The van der Waals surface area contributed by atoms with E-state index in [1.165, 1.54) is 32.1 Å². The molecule has 0 spiro atoms. The number of nitrogen functional groups attached to an aromatic ring is 1. The van der Waals surface area contributed by atoms with Gasteiger partial charge in [0.05, 0.1) is 11.3 Å². The lowest BCUT2D eigenvalue weighted by Crippen LogP contribution is -2.36. The number of rotatable bonds is 3. The Hall–Kier alpha value is -1.52. The van der Waals surface area contributed by atoms with Gasteiger partial charge < -0.3 is 10.6 Å². The van der Waals surface area contributed by atoms with Gasteiger partial charge in [-0.25, -0.2) is 0 Å². The minimum Gasteiger partial charge on any atom is -0.384 e. The molecule has 0 bridgehead atoms. The highest BCUT2D eigenvalue weighted by molar-refractivity contribution is 6.00. The summed E-state index contributed by atoms with van der Waals surface area (Å²) in [5.41, 5.74) is 7.32. The van der Waals surface area contributed by atoms with E-state index in [0.29, 0.717) is 6.04 Å². The molecule has 1 aromatic rings. The summed E-state index contributed by atoms with van der Waals surface area (Å²) in [4.78, 5) is 2.26. The van der Waals surface area contributed by atoms with E-state index >= 15 is 0 Å². The first kappa shape index (κ1) is 12.9. The Morgan fingerprint density at radius 2 is 2.00 bits per heavy atom. The molecule has 5 nitrogen and oxygen atoms in total. The summed E-state index contributed by atoms with van der Waals surface area (Å²) < 4.78 is 1.85. The predicted molar refractivity (Wildman–Crippen MR) is 74.2 cm³/mol. The molecule has 0 unspecified atom stereocenters. The monoisotopic (exact) mass is 249 g/mol. The maximum Gasteiger partial charge on any atom is 0.137 e. The molecule has 3 N–H and O–H groups in total. The molecule has 0 saturated heterocycles. The SMILES string of the molecule is Cc1nn(C)c(N(C)C2CCCCC2)c1C(=N)N. The molecule has 0 aliphatic heterocycles. The molecule has 18 heavy (non-hydrogen) atoms. The van der Waals surface area contributed by atoms with Crippen LogP contribution in [0.15, 0.2) is 0 Å². The molecule has 100 valence electrons. The highest BCUT2D eigenvalue weighted by atomic mass is 15.4. The van der Waals surface area contributed by atoms with Crippen molar-refractivity contribution in [1.82, 2.24) is 9.78 Å². The summed E-state index contributed by atoms with van der Waals surface area (Å²) in [6.07, 6.45) is 6.37. The van der Waals surface area contributed by atoms with Gasteiger partial charge in [0.1, 0.15) is 11.7 Å². The number of nitrogens with two attached hydrogens (primary N) is 1. The maximum atomic E-state index is 7.74. The van der Waals surface area contributed by atoms with E-state index in [2.05, 4.69) is 17.0 Å². The van der Waals surface area contributed by atoms with Crippen LogP contribution in [0.25, 0.3) is 0 Å². The lowest BCUT2D eigenvalue weighted by molar-refractivity contribution is 0.423. The van der Waals surface area contributed by atoms with Crippen LogP contribution in [0.5, 0.6) is 0 Å². The second-order valence-corrected chi connectivity index (χ2v) is 5.22. The Bertz CT molecular complexity index is 442. The van der Waals surface area contributed by atoms with E-state index in [9.17, 15) is 0 Å². The van der Waals surface area contributed by atoms with Gasteiger partial charge in [0.15, 0.2) is 0 Å². The molecular weight excluding hydrogens is 226 g/mol. The molecule has 1 fully saturated rings. The first-order valence-electron chi connectivity index (χ1n) is 6.63. The van der Waals surface area contributed by atoms with Crippen LogP contribution in [-0.2, 0) is 7.05 Å². The number of amidine groups is 1. The molecular formula is C13H23N5. The van der Waals surface area contributed by atoms with Crippen LogP contribution >= 0.6 is 0 Å². The van der Waals surface area contributed by atoms with Gasteiger partial charge in [0.25, 0.3) is 0 Å². The van der Waals surface area contributed by atoms with Crippen LogP contribution in [0.4, 0.5) is 5.82 Å². The molecule has 2 rings (SSSR count). The van der Waals surface area contributed by atoms with Crippen LogP contribution in [0.3, 0.4) is 0 Å². The molecule has 0 radical (unpaired) electrons. The summed E-state index contributed by atoms with van der Waals surface area (Å²) in [5, 5.41) is 12.1. The third kappa shape index (κ3) is 2.21. The fraction of sp³-hybridized carbons (Fsp3) is 0.692. The van der Waals surface area contributed by atoms with E-state index in [1.807, 2.05) is 18.7 Å². The topological polar surface area (TPSA) is 70.9 Å². The van der Waals surface area contributed by atoms with E-state index in [0.717, 1.165) is 17.1 Å². The van der Waals surface area contributed by atoms with E-state index in [4.69, 9.17) is 11.1 Å². The summed E-state index contributed by atoms with van der Waals surface area (Å²) >= 11 is 0. The van der Waals surface area contributed by atoms with Crippen LogP contribution in [0.1, 0.15) is 43.4 Å². The molecule has 1 aliphatic carbocycles. The fourth-order valence-electron chi connectivity index (χ4n) is 3.01. The average molecular weight is 249 g/mol. The molecule has 1 aromatic heterocycles. The maximum absolute atomic E-state index is 7.74. The van der Waals surface area contributed by atoms with Gasteiger partial charge in [-0.05, 0) is 19.8 Å². The van der Waals surface area contributed by atoms with Crippen molar-refractivity contribution in [2.75, 3.05) is 11.9 Å². The van der Waals surface area contributed by atoms with Gasteiger partial charge in [-0.15, -0.1) is 0 Å². The average Bonchev–Trinajstić information content (AvgIpc) is 2.64. The van der Waals surface area contributed by atoms with Gasteiger partial charge >= 0.3 is 0 Å². The van der Waals surface area contributed by atoms with Gasteiger partial charge in [-0.1, -0.05) is 19.3 Å². The van der Waals surface area contributed by atoms with Crippen molar-refractivity contribution in [2.24, 2.45) is 12.8 Å². The van der Waals surface area contributed by atoms with Gasteiger partial charge in [0.2, 0.25) is 0 Å². The zero-order chi connectivity index (χ0) is 13.3. The van der Waals surface area contributed by atoms with Crippen molar-refractivity contribution in [3.8, 4) is 0 Å². The standard InChI is InChI=1S/C13H23N5/c1-9-11(12(14)15)13(18(3)16-9)17(2)10-7-5-4-6-8-10/h10H,4-8H2,1-3H3,(H3,14,15). The summed E-state index contributed by atoms with van der Waals surface area (Å²) in [5.74, 6) is 1.09.